The molecular formula is C24H16N2O4. The number of fused-ring (bicyclic) bond motifs is 2. The number of rotatable bonds is 3. The Bertz CT molecular complexity index is 1470. The molecular weight excluding hydrogens is 380 g/mol. The number of furan rings is 1. The number of aryl methyl sites for hydroxylation is 1. The van der Waals surface area contributed by atoms with Gasteiger partial charge in [-0.15, -0.1) is 0 Å². The third-order valence-electron chi connectivity index (χ3n) is 4.94. The number of anilines is 1. The van der Waals surface area contributed by atoms with Crippen molar-refractivity contribution in [2.45, 2.75) is 6.92 Å². The van der Waals surface area contributed by atoms with Crippen LogP contribution in [-0.2, 0) is 0 Å². The van der Waals surface area contributed by atoms with Gasteiger partial charge in [-0.25, -0.2) is 9.78 Å². The van der Waals surface area contributed by atoms with Crippen molar-refractivity contribution >= 4 is 33.5 Å². The van der Waals surface area contributed by atoms with E-state index in [4.69, 9.17) is 8.83 Å². The van der Waals surface area contributed by atoms with Crippen LogP contribution in [0.3, 0.4) is 0 Å². The Morgan fingerprint density at radius 1 is 0.967 bits per heavy atom. The van der Waals surface area contributed by atoms with E-state index in [0.717, 1.165) is 16.3 Å². The van der Waals surface area contributed by atoms with Crippen molar-refractivity contribution in [3.8, 4) is 11.5 Å². The molecule has 3 heterocycles. The SMILES string of the molecule is Cc1cc(=O)oc2cc(NC(=O)c3cc(-c4ccco4)nc4ccccc34)ccc12. The van der Waals surface area contributed by atoms with Gasteiger partial charge in [0.25, 0.3) is 5.91 Å². The van der Waals surface area contributed by atoms with Crippen LogP contribution >= 0.6 is 0 Å². The van der Waals surface area contributed by atoms with E-state index < -0.39 is 5.63 Å². The summed E-state index contributed by atoms with van der Waals surface area (Å²) < 4.78 is 10.7. The molecule has 0 unspecified atom stereocenters. The van der Waals surface area contributed by atoms with E-state index in [1.54, 1.807) is 36.6 Å². The third-order valence-corrected chi connectivity index (χ3v) is 4.94. The predicted octanol–water partition coefficient (Wildman–Crippen LogP) is 5.16. The average molecular weight is 396 g/mol. The van der Waals surface area contributed by atoms with Gasteiger partial charge in [0.05, 0.1) is 17.3 Å². The Kier molecular flexibility index (Phi) is 4.17. The largest absolute Gasteiger partial charge is 0.463 e. The van der Waals surface area contributed by atoms with Gasteiger partial charge in [0, 0.05) is 28.6 Å². The highest BCUT2D eigenvalue weighted by Gasteiger charge is 2.16. The molecule has 0 atom stereocenters. The Labute approximate surface area is 170 Å². The number of carbonyl (C=O) groups excluding carboxylic acids is 1. The van der Waals surface area contributed by atoms with Gasteiger partial charge in [-0.05, 0) is 48.9 Å². The molecule has 0 saturated heterocycles. The number of aromatic nitrogens is 1. The van der Waals surface area contributed by atoms with Crippen molar-refractivity contribution in [1.29, 1.82) is 0 Å². The summed E-state index contributed by atoms with van der Waals surface area (Å²) >= 11 is 0. The number of hydrogen-bond donors (Lipinski definition) is 1. The van der Waals surface area contributed by atoms with Crippen molar-refractivity contribution in [2.24, 2.45) is 0 Å². The van der Waals surface area contributed by atoms with E-state index in [-0.39, 0.29) is 5.91 Å². The molecule has 0 aliphatic heterocycles. The normalized spacial score (nSPS) is 11.1. The van der Waals surface area contributed by atoms with Gasteiger partial charge < -0.3 is 14.2 Å². The standard InChI is InChI=1S/C24H16N2O4/c1-14-11-23(27)30-22-12-15(8-9-16(14)22)25-24(28)18-13-20(21-7-4-10-29-21)26-19-6-3-2-5-17(18)19/h2-13H,1H3,(H,25,28). The van der Waals surface area contributed by atoms with Gasteiger partial charge in [-0.3, -0.25) is 4.79 Å². The van der Waals surface area contributed by atoms with Gasteiger partial charge in [0.2, 0.25) is 0 Å². The summed E-state index contributed by atoms with van der Waals surface area (Å²) in [4.78, 5) is 29.4. The maximum Gasteiger partial charge on any atom is 0.336 e. The molecule has 0 saturated carbocycles. The molecule has 1 amide bonds. The number of nitrogens with one attached hydrogen (secondary N) is 1. The number of nitrogens with zero attached hydrogens (tertiary/aromatic N) is 1. The fourth-order valence-electron chi connectivity index (χ4n) is 3.51. The molecule has 0 bridgehead atoms. The summed E-state index contributed by atoms with van der Waals surface area (Å²) in [5.41, 5.74) is 3.09. The second-order valence-corrected chi connectivity index (χ2v) is 6.96. The molecule has 0 aliphatic carbocycles. The van der Waals surface area contributed by atoms with E-state index in [0.29, 0.717) is 33.8 Å². The number of para-hydroxylation sites is 1. The highest BCUT2D eigenvalue weighted by atomic mass is 16.4. The zero-order valence-electron chi connectivity index (χ0n) is 16.0. The van der Waals surface area contributed by atoms with Crippen molar-refractivity contribution in [3.63, 3.8) is 0 Å². The molecule has 3 aromatic heterocycles. The van der Waals surface area contributed by atoms with Gasteiger partial charge >= 0.3 is 5.63 Å². The lowest BCUT2D eigenvalue weighted by molar-refractivity contribution is 0.102. The Morgan fingerprint density at radius 2 is 1.83 bits per heavy atom. The van der Waals surface area contributed by atoms with Gasteiger partial charge in [-0.1, -0.05) is 18.2 Å². The smallest absolute Gasteiger partial charge is 0.336 e. The topological polar surface area (TPSA) is 85.3 Å². The van der Waals surface area contributed by atoms with Crippen LogP contribution in [0.2, 0.25) is 0 Å². The van der Waals surface area contributed by atoms with Gasteiger partial charge in [0.15, 0.2) is 5.76 Å². The van der Waals surface area contributed by atoms with Crippen LogP contribution in [0.4, 0.5) is 5.69 Å². The minimum Gasteiger partial charge on any atom is -0.463 e. The third kappa shape index (κ3) is 3.14. The molecule has 0 spiro atoms. The van der Waals surface area contributed by atoms with E-state index >= 15 is 0 Å². The number of carbonyl (C=O) groups is 1. The molecule has 5 aromatic rings. The van der Waals surface area contributed by atoms with Crippen LogP contribution in [-0.4, -0.2) is 10.9 Å². The summed E-state index contributed by atoms with van der Waals surface area (Å²) in [6.07, 6.45) is 1.57. The molecule has 2 aromatic carbocycles. The Morgan fingerprint density at radius 3 is 2.67 bits per heavy atom. The summed E-state index contributed by atoms with van der Waals surface area (Å²) in [6.45, 7) is 1.84. The van der Waals surface area contributed by atoms with Crippen LogP contribution in [0.5, 0.6) is 0 Å². The van der Waals surface area contributed by atoms with E-state index in [2.05, 4.69) is 10.3 Å². The minimum atomic E-state index is -0.424. The fraction of sp³-hybridized carbons (Fsp3) is 0.0417. The van der Waals surface area contributed by atoms with Gasteiger partial charge in [0.1, 0.15) is 11.3 Å². The summed E-state index contributed by atoms with van der Waals surface area (Å²) in [5, 5.41) is 4.45. The second-order valence-electron chi connectivity index (χ2n) is 6.96. The molecule has 0 fully saturated rings. The minimum absolute atomic E-state index is 0.296. The van der Waals surface area contributed by atoms with Crippen molar-refractivity contribution < 1.29 is 13.6 Å². The van der Waals surface area contributed by atoms with Crippen molar-refractivity contribution in [2.75, 3.05) is 5.32 Å². The summed E-state index contributed by atoms with van der Waals surface area (Å²) in [6, 6.07) is 19.4. The number of benzene rings is 2. The highest BCUT2D eigenvalue weighted by Crippen LogP contribution is 2.27. The zero-order chi connectivity index (χ0) is 20.7. The molecule has 30 heavy (non-hydrogen) atoms. The van der Waals surface area contributed by atoms with Crippen molar-refractivity contribution in [3.05, 3.63) is 94.5 Å². The highest BCUT2D eigenvalue weighted by molar-refractivity contribution is 6.13. The molecule has 1 N–H and O–H groups in total. The van der Waals surface area contributed by atoms with Gasteiger partial charge in [-0.2, -0.15) is 0 Å². The summed E-state index contributed by atoms with van der Waals surface area (Å²) in [5.74, 6) is 0.286. The summed E-state index contributed by atoms with van der Waals surface area (Å²) in [7, 11) is 0. The molecule has 5 rings (SSSR count). The first-order valence-electron chi connectivity index (χ1n) is 9.38. The Balaban J connectivity index is 1.58. The molecule has 0 aliphatic rings. The molecule has 0 radical (unpaired) electrons. The fourth-order valence-corrected chi connectivity index (χ4v) is 3.51. The number of hydrogen-bond acceptors (Lipinski definition) is 5. The first kappa shape index (κ1) is 17.9. The van der Waals surface area contributed by atoms with Crippen LogP contribution in [0.1, 0.15) is 15.9 Å². The number of amides is 1. The average Bonchev–Trinajstić information content (AvgIpc) is 3.27. The van der Waals surface area contributed by atoms with E-state index in [1.807, 2.05) is 37.3 Å². The van der Waals surface area contributed by atoms with Crippen LogP contribution in [0.25, 0.3) is 33.3 Å². The van der Waals surface area contributed by atoms with Crippen LogP contribution in [0, 0.1) is 6.92 Å². The predicted molar refractivity (Wildman–Crippen MR) is 115 cm³/mol. The monoisotopic (exact) mass is 396 g/mol. The van der Waals surface area contributed by atoms with Crippen LogP contribution in [0.15, 0.2) is 86.6 Å². The van der Waals surface area contributed by atoms with E-state index in [1.165, 1.54) is 6.07 Å². The quantitative estimate of drug-likeness (QED) is 0.426. The maximum atomic E-state index is 13.2. The molecule has 146 valence electrons. The maximum absolute atomic E-state index is 13.2. The molecule has 6 heteroatoms. The lowest BCUT2D eigenvalue weighted by Gasteiger charge is -2.10. The Hall–Kier alpha value is -4.19. The first-order chi connectivity index (χ1) is 14.6. The van der Waals surface area contributed by atoms with E-state index in [9.17, 15) is 9.59 Å². The second kappa shape index (κ2) is 7.00. The zero-order valence-corrected chi connectivity index (χ0v) is 16.0. The number of pyridine rings is 1. The first-order valence-corrected chi connectivity index (χ1v) is 9.38. The molecule has 6 nitrogen and oxygen atoms in total. The van der Waals surface area contributed by atoms with Crippen LogP contribution < -0.4 is 10.9 Å². The lowest BCUT2D eigenvalue weighted by atomic mass is 10.1. The lowest BCUT2D eigenvalue weighted by Crippen LogP contribution is -2.13. The van der Waals surface area contributed by atoms with Crippen molar-refractivity contribution in [1.82, 2.24) is 4.98 Å².